The van der Waals surface area contributed by atoms with Crippen LogP contribution in [0.4, 0.5) is 14.9 Å². The molecular weight excluding hydrogens is 311 g/mol. The first-order chi connectivity index (χ1) is 11.3. The number of carbonyl (C=O) groups is 1. The van der Waals surface area contributed by atoms with Gasteiger partial charge in [-0.25, -0.2) is 9.18 Å². The maximum atomic E-state index is 14.1. The minimum absolute atomic E-state index is 0.121. The number of amides is 1. The van der Waals surface area contributed by atoms with E-state index in [-0.39, 0.29) is 5.69 Å². The number of aryl methyl sites for hydroxylation is 2. The van der Waals surface area contributed by atoms with Gasteiger partial charge in [0.2, 0.25) is 0 Å². The number of hydrogen-bond acceptors (Lipinski definition) is 4. The van der Waals surface area contributed by atoms with Gasteiger partial charge in [-0.05, 0) is 57.7 Å². The summed E-state index contributed by atoms with van der Waals surface area (Å²) in [6.07, 6.45) is 5.41. The number of anilines is 1. The van der Waals surface area contributed by atoms with E-state index in [4.69, 9.17) is 4.74 Å². The van der Waals surface area contributed by atoms with Gasteiger partial charge < -0.3 is 4.74 Å². The van der Waals surface area contributed by atoms with Crippen molar-refractivity contribution < 1.29 is 13.9 Å². The van der Waals surface area contributed by atoms with Crippen molar-refractivity contribution >= 4 is 11.8 Å². The lowest BCUT2D eigenvalue weighted by Crippen LogP contribution is -2.27. The van der Waals surface area contributed by atoms with Crippen molar-refractivity contribution in [3.8, 4) is 0 Å². The number of nitrogens with zero attached hydrogens (tertiary/aromatic N) is 3. The van der Waals surface area contributed by atoms with Gasteiger partial charge >= 0.3 is 6.09 Å². The summed E-state index contributed by atoms with van der Waals surface area (Å²) in [6.45, 7) is 6.06. The van der Waals surface area contributed by atoms with E-state index in [0.717, 1.165) is 31.4 Å². The van der Waals surface area contributed by atoms with Crippen LogP contribution in [0, 0.1) is 5.82 Å². The Morgan fingerprint density at radius 1 is 1.33 bits per heavy atom. The van der Waals surface area contributed by atoms with Crippen molar-refractivity contribution in [2.75, 3.05) is 5.32 Å². The predicted molar refractivity (Wildman–Crippen MR) is 89.2 cm³/mol. The molecule has 0 saturated heterocycles. The number of ether oxygens (including phenoxy) is 1. The molecule has 0 spiro atoms. The SMILES string of the molecule is CC(C)(C)OC(=O)Nc1ccc(CCCCn2ccnn2)cc1F. The van der Waals surface area contributed by atoms with Gasteiger partial charge in [0.15, 0.2) is 0 Å². The number of nitrogens with one attached hydrogen (secondary N) is 1. The van der Waals surface area contributed by atoms with Crippen molar-refractivity contribution in [1.82, 2.24) is 15.0 Å². The summed E-state index contributed by atoms with van der Waals surface area (Å²) < 4.78 is 21.0. The average Bonchev–Trinajstić information content (AvgIpc) is 2.97. The first-order valence-electron chi connectivity index (χ1n) is 7.96. The number of unbranched alkanes of at least 4 members (excludes halogenated alkanes) is 1. The third kappa shape index (κ3) is 5.98. The van der Waals surface area contributed by atoms with E-state index in [1.165, 1.54) is 6.07 Å². The van der Waals surface area contributed by atoms with Crippen LogP contribution in [0.3, 0.4) is 0 Å². The van der Waals surface area contributed by atoms with Gasteiger partial charge in [-0.3, -0.25) is 10.00 Å². The van der Waals surface area contributed by atoms with Crippen LogP contribution in [0.25, 0.3) is 0 Å². The van der Waals surface area contributed by atoms with Gasteiger partial charge in [0.1, 0.15) is 11.4 Å². The average molecular weight is 334 g/mol. The molecule has 1 heterocycles. The molecule has 0 aliphatic rings. The molecule has 1 N–H and O–H groups in total. The molecule has 0 atom stereocenters. The molecule has 1 aromatic heterocycles. The Balaban J connectivity index is 1.81. The number of rotatable bonds is 6. The van der Waals surface area contributed by atoms with E-state index in [0.29, 0.717) is 0 Å². The van der Waals surface area contributed by atoms with Gasteiger partial charge in [0, 0.05) is 12.7 Å². The van der Waals surface area contributed by atoms with Gasteiger partial charge in [-0.15, -0.1) is 5.10 Å². The minimum atomic E-state index is -0.665. The molecule has 130 valence electrons. The third-order valence-electron chi connectivity index (χ3n) is 3.24. The number of halogens is 1. The highest BCUT2D eigenvalue weighted by molar-refractivity contribution is 5.85. The lowest BCUT2D eigenvalue weighted by molar-refractivity contribution is 0.0635. The van der Waals surface area contributed by atoms with Crippen LogP contribution in [0.5, 0.6) is 0 Å². The van der Waals surface area contributed by atoms with Crippen molar-refractivity contribution in [2.45, 2.75) is 52.2 Å². The second kappa shape index (κ2) is 7.90. The van der Waals surface area contributed by atoms with Crippen molar-refractivity contribution in [3.05, 3.63) is 42.0 Å². The lowest BCUT2D eigenvalue weighted by atomic mass is 10.1. The fraction of sp³-hybridized carbons (Fsp3) is 0.471. The molecule has 2 aromatic rings. The minimum Gasteiger partial charge on any atom is -0.444 e. The fourth-order valence-electron chi connectivity index (χ4n) is 2.18. The Morgan fingerprint density at radius 3 is 2.75 bits per heavy atom. The highest BCUT2D eigenvalue weighted by atomic mass is 19.1. The quantitative estimate of drug-likeness (QED) is 0.816. The zero-order valence-electron chi connectivity index (χ0n) is 14.3. The molecule has 0 radical (unpaired) electrons. The topological polar surface area (TPSA) is 69.0 Å². The van der Waals surface area contributed by atoms with Crippen LogP contribution in [0.1, 0.15) is 39.2 Å². The van der Waals surface area contributed by atoms with Crippen LogP contribution >= 0.6 is 0 Å². The Bertz CT molecular complexity index is 666. The Kier molecular flexibility index (Phi) is 5.89. The zero-order chi connectivity index (χ0) is 17.6. The van der Waals surface area contributed by atoms with Gasteiger partial charge in [0.25, 0.3) is 0 Å². The zero-order valence-corrected chi connectivity index (χ0v) is 14.3. The molecule has 0 saturated carbocycles. The summed E-state index contributed by atoms with van der Waals surface area (Å²) in [6, 6.07) is 4.82. The summed E-state index contributed by atoms with van der Waals surface area (Å²) in [5.74, 6) is -0.463. The molecule has 0 unspecified atom stereocenters. The maximum Gasteiger partial charge on any atom is 0.412 e. The van der Waals surface area contributed by atoms with E-state index in [9.17, 15) is 9.18 Å². The Labute approximate surface area is 141 Å². The highest BCUT2D eigenvalue weighted by Crippen LogP contribution is 2.18. The smallest absolute Gasteiger partial charge is 0.412 e. The predicted octanol–water partition coefficient (Wildman–Crippen LogP) is 3.79. The molecule has 7 heteroatoms. The van der Waals surface area contributed by atoms with Gasteiger partial charge in [-0.2, -0.15) is 0 Å². The molecule has 1 aromatic carbocycles. The molecule has 0 bridgehead atoms. The molecule has 1 amide bonds. The van der Waals surface area contributed by atoms with Crippen LogP contribution in [-0.2, 0) is 17.7 Å². The monoisotopic (exact) mass is 334 g/mol. The summed E-state index contributed by atoms with van der Waals surface area (Å²) in [5, 5.41) is 10.1. The fourth-order valence-corrected chi connectivity index (χ4v) is 2.18. The molecule has 2 rings (SSSR count). The molecule has 24 heavy (non-hydrogen) atoms. The highest BCUT2D eigenvalue weighted by Gasteiger charge is 2.17. The second-order valence-electron chi connectivity index (χ2n) is 6.56. The van der Waals surface area contributed by atoms with E-state index in [1.54, 1.807) is 37.7 Å². The van der Waals surface area contributed by atoms with Crippen molar-refractivity contribution in [2.24, 2.45) is 0 Å². The lowest BCUT2D eigenvalue weighted by Gasteiger charge is -2.19. The van der Waals surface area contributed by atoms with Crippen LogP contribution < -0.4 is 5.32 Å². The molecule has 6 nitrogen and oxygen atoms in total. The Hall–Kier alpha value is -2.44. The summed E-state index contributed by atoms with van der Waals surface area (Å²) >= 11 is 0. The van der Waals surface area contributed by atoms with Gasteiger partial charge in [-0.1, -0.05) is 11.3 Å². The van der Waals surface area contributed by atoms with E-state index in [1.807, 2.05) is 12.3 Å². The number of hydrogen-bond donors (Lipinski definition) is 1. The summed E-state index contributed by atoms with van der Waals surface area (Å²) in [7, 11) is 0. The van der Waals surface area contributed by atoms with E-state index < -0.39 is 17.5 Å². The summed E-state index contributed by atoms with van der Waals surface area (Å²) in [4.78, 5) is 11.7. The van der Waals surface area contributed by atoms with Crippen molar-refractivity contribution in [3.63, 3.8) is 0 Å². The van der Waals surface area contributed by atoms with Crippen LogP contribution in [-0.4, -0.2) is 26.7 Å². The van der Waals surface area contributed by atoms with Crippen molar-refractivity contribution in [1.29, 1.82) is 0 Å². The van der Waals surface area contributed by atoms with Crippen LogP contribution in [0.15, 0.2) is 30.6 Å². The van der Waals surface area contributed by atoms with Crippen LogP contribution in [0.2, 0.25) is 0 Å². The normalized spacial score (nSPS) is 11.3. The molecular formula is C17H23FN4O2. The number of benzene rings is 1. The molecule has 0 aliphatic heterocycles. The first-order valence-corrected chi connectivity index (χ1v) is 7.96. The maximum absolute atomic E-state index is 14.1. The van der Waals surface area contributed by atoms with E-state index >= 15 is 0 Å². The van der Waals surface area contributed by atoms with Gasteiger partial charge in [0.05, 0.1) is 11.9 Å². The largest absolute Gasteiger partial charge is 0.444 e. The standard InChI is InChI=1S/C17H23FN4O2/c1-17(2,3)24-16(23)20-15-8-7-13(12-14(15)18)6-4-5-10-22-11-9-19-21-22/h7-9,11-12H,4-6,10H2,1-3H3,(H,20,23). The Morgan fingerprint density at radius 2 is 2.12 bits per heavy atom. The first kappa shape index (κ1) is 17.9. The number of carbonyl (C=O) groups excluding carboxylic acids is 1. The summed E-state index contributed by atoms with van der Waals surface area (Å²) in [5.41, 5.74) is 0.390. The molecule has 0 aliphatic carbocycles. The third-order valence-corrected chi connectivity index (χ3v) is 3.24. The second-order valence-corrected chi connectivity index (χ2v) is 6.56. The number of aromatic nitrogens is 3. The van der Waals surface area contributed by atoms with E-state index in [2.05, 4.69) is 15.6 Å². The molecule has 0 fully saturated rings.